The second kappa shape index (κ2) is 8.85. The second-order valence-corrected chi connectivity index (χ2v) is 8.41. The fraction of sp³-hybridized carbons (Fsp3) is 0.238. The number of carbonyl (C=O) groups is 1. The Morgan fingerprint density at radius 1 is 1.23 bits per heavy atom. The van der Waals surface area contributed by atoms with Crippen LogP contribution in [0.5, 0.6) is 0 Å². The van der Waals surface area contributed by atoms with Gasteiger partial charge in [-0.3, -0.25) is 9.69 Å². The van der Waals surface area contributed by atoms with Gasteiger partial charge in [-0.15, -0.1) is 21.5 Å². The molecule has 0 fully saturated rings. The molecule has 4 aromatic rings. The number of rotatable bonds is 7. The third-order valence-electron chi connectivity index (χ3n) is 4.57. The van der Waals surface area contributed by atoms with Gasteiger partial charge >= 0.3 is 0 Å². The zero-order valence-corrected chi connectivity index (χ0v) is 18.5. The Labute approximate surface area is 182 Å². The molecule has 3 aromatic heterocycles. The van der Waals surface area contributed by atoms with Gasteiger partial charge in [-0.05, 0) is 36.2 Å². The highest BCUT2D eigenvalue weighted by molar-refractivity contribution is 7.98. The van der Waals surface area contributed by atoms with E-state index in [0.29, 0.717) is 22.5 Å². The molecule has 30 heavy (non-hydrogen) atoms. The summed E-state index contributed by atoms with van der Waals surface area (Å²) >= 11 is 3.00. The van der Waals surface area contributed by atoms with E-state index < -0.39 is 0 Å². The summed E-state index contributed by atoms with van der Waals surface area (Å²) in [6, 6.07) is 11.7. The number of furan rings is 1. The summed E-state index contributed by atoms with van der Waals surface area (Å²) in [6.45, 7) is 3.66. The molecule has 0 bridgehead atoms. The van der Waals surface area contributed by atoms with Crippen LogP contribution in [0.3, 0.4) is 0 Å². The Bertz CT molecular complexity index is 1130. The molecule has 0 atom stereocenters. The van der Waals surface area contributed by atoms with Gasteiger partial charge in [-0.2, -0.15) is 0 Å². The molecule has 0 spiro atoms. The van der Waals surface area contributed by atoms with Crippen LogP contribution in [-0.4, -0.2) is 25.7 Å². The number of carbonyl (C=O) groups excluding carboxylic acids is 1. The maximum absolute atomic E-state index is 12.3. The number of aryl methyl sites for hydroxylation is 1. The van der Waals surface area contributed by atoms with E-state index in [1.54, 1.807) is 29.8 Å². The Balaban J connectivity index is 1.48. The third kappa shape index (κ3) is 4.17. The number of aromatic nitrogens is 4. The third-order valence-corrected chi connectivity index (χ3v) is 6.50. The van der Waals surface area contributed by atoms with Crippen LogP contribution in [0.1, 0.15) is 25.1 Å². The van der Waals surface area contributed by atoms with Crippen molar-refractivity contribution in [3.63, 3.8) is 0 Å². The van der Waals surface area contributed by atoms with Crippen molar-refractivity contribution in [2.75, 3.05) is 4.90 Å². The quantitative estimate of drug-likeness (QED) is 0.374. The van der Waals surface area contributed by atoms with E-state index in [2.05, 4.69) is 22.1 Å². The molecule has 7 nitrogen and oxygen atoms in total. The maximum atomic E-state index is 12.3. The lowest BCUT2D eigenvalue weighted by Gasteiger charge is -2.18. The molecule has 0 N–H and O–H groups in total. The lowest BCUT2D eigenvalue weighted by Crippen LogP contribution is -2.22. The molecule has 0 unspecified atom stereocenters. The van der Waals surface area contributed by atoms with Gasteiger partial charge in [0.1, 0.15) is 0 Å². The van der Waals surface area contributed by atoms with Gasteiger partial charge in [0, 0.05) is 25.1 Å². The molecule has 0 aliphatic carbocycles. The molecular weight excluding hydrogens is 418 g/mol. The van der Waals surface area contributed by atoms with Gasteiger partial charge in [-0.1, -0.05) is 30.8 Å². The fourth-order valence-electron chi connectivity index (χ4n) is 2.97. The molecule has 0 aliphatic heterocycles. The van der Waals surface area contributed by atoms with Crippen LogP contribution in [0.15, 0.2) is 57.6 Å². The smallest absolute Gasteiger partial charge is 0.230 e. The van der Waals surface area contributed by atoms with Crippen molar-refractivity contribution in [2.24, 2.45) is 7.05 Å². The molecule has 0 saturated carbocycles. The highest BCUT2D eigenvalue weighted by Crippen LogP contribution is 2.31. The monoisotopic (exact) mass is 439 g/mol. The molecule has 9 heteroatoms. The second-order valence-electron chi connectivity index (χ2n) is 6.63. The summed E-state index contributed by atoms with van der Waals surface area (Å²) in [5.74, 6) is 1.92. The van der Waals surface area contributed by atoms with Gasteiger partial charge in [0.15, 0.2) is 21.9 Å². The predicted molar refractivity (Wildman–Crippen MR) is 119 cm³/mol. The van der Waals surface area contributed by atoms with Crippen molar-refractivity contribution >= 4 is 39.8 Å². The predicted octanol–water partition coefficient (Wildman–Crippen LogP) is 5.07. The zero-order chi connectivity index (χ0) is 21.1. The van der Waals surface area contributed by atoms with E-state index in [-0.39, 0.29) is 5.91 Å². The van der Waals surface area contributed by atoms with Gasteiger partial charge < -0.3 is 8.98 Å². The van der Waals surface area contributed by atoms with Crippen molar-refractivity contribution in [2.45, 2.75) is 31.2 Å². The first-order chi connectivity index (χ1) is 14.6. The number of hydrogen-bond donors (Lipinski definition) is 0. The molecule has 1 aromatic carbocycles. The Morgan fingerprint density at radius 3 is 2.70 bits per heavy atom. The molecule has 3 heterocycles. The molecule has 1 amide bonds. The van der Waals surface area contributed by atoms with E-state index in [9.17, 15) is 4.79 Å². The molecule has 4 rings (SSSR count). The number of hydrogen-bond acceptors (Lipinski definition) is 7. The first-order valence-corrected chi connectivity index (χ1v) is 11.3. The minimum absolute atomic E-state index is 0.0656. The van der Waals surface area contributed by atoms with Crippen LogP contribution in [0, 0.1) is 0 Å². The van der Waals surface area contributed by atoms with Crippen molar-refractivity contribution < 1.29 is 9.21 Å². The number of benzene rings is 1. The fourth-order valence-corrected chi connectivity index (χ4v) is 4.77. The van der Waals surface area contributed by atoms with Crippen LogP contribution in [-0.2, 0) is 24.0 Å². The highest BCUT2D eigenvalue weighted by Gasteiger charge is 2.19. The Kier molecular flexibility index (Phi) is 6.01. The molecule has 0 saturated heterocycles. The summed E-state index contributed by atoms with van der Waals surface area (Å²) in [6.07, 6.45) is 2.58. The number of amides is 1. The van der Waals surface area contributed by atoms with Crippen LogP contribution >= 0.6 is 23.1 Å². The van der Waals surface area contributed by atoms with Crippen molar-refractivity contribution in [3.05, 3.63) is 59.3 Å². The largest absolute Gasteiger partial charge is 0.461 e. The summed E-state index contributed by atoms with van der Waals surface area (Å²) < 4.78 is 7.30. The van der Waals surface area contributed by atoms with Crippen molar-refractivity contribution in [1.82, 2.24) is 19.7 Å². The number of thioether (sulfide) groups is 1. The van der Waals surface area contributed by atoms with Crippen molar-refractivity contribution in [1.29, 1.82) is 0 Å². The zero-order valence-electron chi connectivity index (χ0n) is 16.9. The SMILES string of the molecule is CCc1ccc(N(C(C)=O)c2nc(CSc3nnc(-c4ccco4)n3C)cs2)cc1. The normalized spacial score (nSPS) is 11.0. The Morgan fingerprint density at radius 2 is 2.03 bits per heavy atom. The van der Waals surface area contributed by atoms with E-state index in [1.165, 1.54) is 16.9 Å². The van der Waals surface area contributed by atoms with Crippen LogP contribution in [0.2, 0.25) is 0 Å². The molecule has 0 aliphatic rings. The average molecular weight is 440 g/mol. The summed E-state index contributed by atoms with van der Waals surface area (Å²) in [4.78, 5) is 18.6. The maximum Gasteiger partial charge on any atom is 0.230 e. The molecular formula is C21H21N5O2S2. The topological polar surface area (TPSA) is 77.1 Å². The van der Waals surface area contributed by atoms with Gasteiger partial charge in [0.05, 0.1) is 17.6 Å². The summed E-state index contributed by atoms with van der Waals surface area (Å²) in [5, 5.41) is 11.9. The summed E-state index contributed by atoms with van der Waals surface area (Å²) in [7, 11) is 1.91. The van der Waals surface area contributed by atoms with Gasteiger partial charge in [-0.25, -0.2) is 4.98 Å². The Hall–Kier alpha value is -2.91. The van der Waals surface area contributed by atoms with E-state index in [4.69, 9.17) is 4.42 Å². The lowest BCUT2D eigenvalue weighted by atomic mass is 10.1. The van der Waals surface area contributed by atoms with Crippen LogP contribution in [0.4, 0.5) is 10.8 Å². The first-order valence-electron chi connectivity index (χ1n) is 9.47. The number of thiazole rings is 1. The number of nitrogens with zero attached hydrogens (tertiary/aromatic N) is 5. The minimum Gasteiger partial charge on any atom is -0.461 e. The van der Waals surface area contributed by atoms with Crippen LogP contribution < -0.4 is 4.90 Å². The standard InChI is InChI=1S/C21H21N5O2S2/c1-4-15-7-9-17(10-8-15)26(14(2)27)20-22-16(12-29-20)13-30-21-24-23-19(25(21)3)18-6-5-11-28-18/h5-12H,4,13H2,1-3H3. The van der Waals surface area contributed by atoms with Gasteiger partial charge in [0.2, 0.25) is 5.91 Å². The van der Waals surface area contributed by atoms with Crippen LogP contribution in [0.25, 0.3) is 11.6 Å². The molecule has 154 valence electrons. The minimum atomic E-state index is -0.0656. The highest BCUT2D eigenvalue weighted by atomic mass is 32.2. The van der Waals surface area contributed by atoms with E-state index in [0.717, 1.165) is 23.0 Å². The van der Waals surface area contributed by atoms with E-state index >= 15 is 0 Å². The van der Waals surface area contributed by atoms with E-state index in [1.807, 2.05) is 53.4 Å². The number of anilines is 2. The molecule has 0 radical (unpaired) electrons. The average Bonchev–Trinajstić information content (AvgIpc) is 3.49. The summed E-state index contributed by atoms with van der Waals surface area (Å²) in [5.41, 5.74) is 2.94. The first kappa shape index (κ1) is 20.4. The van der Waals surface area contributed by atoms with Gasteiger partial charge in [0.25, 0.3) is 0 Å². The lowest BCUT2D eigenvalue weighted by molar-refractivity contribution is -0.115. The van der Waals surface area contributed by atoms with Crippen molar-refractivity contribution in [3.8, 4) is 11.6 Å².